The molecular formula is C64H70N7O4S+. The number of carbonyl (C=O) groups excluding carboxylic acids is 1. The van der Waals surface area contributed by atoms with E-state index in [9.17, 15) is 17.8 Å². The summed E-state index contributed by atoms with van der Waals surface area (Å²) in [7, 11) is -4.35. The predicted molar refractivity (Wildman–Crippen MR) is 304 cm³/mol. The number of unbranched alkanes of at least 4 members (excludes halogenated alkanes) is 1. The van der Waals surface area contributed by atoms with Crippen LogP contribution in [-0.4, -0.2) is 95.1 Å². The van der Waals surface area contributed by atoms with Crippen LogP contribution in [0.25, 0.3) is 11.1 Å². The van der Waals surface area contributed by atoms with Gasteiger partial charge in [0.15, 0.2) is 18.0 Å². The Hall–Kier alpha value is -6.70. The zero-order chi connectivity index (χ0) is 52.2. The molecule has 0 saturated heterocycles. The molecule has 76 heavy (non-hydrogen) atoms. The van der Waals surface area contributed by atoms with Gasteiger partial charge in [0, 0.05) is 109 Å². The lowest BCUT2D eigenvalue weighted by Gasteiger charge is -2.47. The van der Waals surface area contributed by atoms with Gasteiger partial charge >= 0.3 is 0 Å². The molecular weight excluding hydrogens is 963 g/mol. The molecule has 7 heterocycles. The van der Waals surface area contributed by atoms with E-state index in [4.69, 9.17) is 0 Å². The molecule has 2 unspecified atom stereocenters. The molecule has 7 aliphatic heterocycles. The second-order valence-electron chi connectivity index (χ2n) is 22.1. The fourth-order valence-electron chi connectivity index (χ4n) is 13.2. The summed E-state index contributed by atoms with van der Waals surface area (Å²) in [6.45, 7) is 12.3. The van der Waals surface area contributed by atoms with Gasteiger partial charge in [0.25, 0.3) is 0 Å². The zero-order valence-electron chi connectivity index (χ0n) is 44.5. The second-order valence-corrected chi connectivity index (χ2v) is 23.6. The second kappa shape index (κ2) is 20.7. The molecule has 0 bridgehead atoms. The lowest BCUT2D eigenvalue weighted by molar-refractivity contribution is -0.443. The van der Waals surface area contributed by atoms with E-state index in [1.165, 1.54) is 72.9 Å². The van der Waals surface area contributed by atoms with Crippen molar-refractivity contribution in [2.75, 3.05) is 48.4 Å². The van der Waals surface area contributed by atoms with Crippen LogP contribution < -0.4 is 20.5 Å². The van der Waals surface area contributed by atoms with Crippen LogP contribution in [0.2, 0.25) is 0 Å². The minimum absolute atomic E-state index is 0.0509. The van der Waals surface area contributed by atoms with Gasteiger partial charge in [-0.2, -0.15) is 9.15 Å². The molecule has 0 aromatic heterocycles. The number of fused-ring (bicyclic) bond motifs is 10. The summed E-state index contributed by atoms with van der Waals surface area (Å²) in [5.74, 6) is -0.356. The van der Waals surface area contributed by atoms with E-state index < -0.39 is 15.9 Å². The maximum absolute atomic E-state index is 13.8. The summed E-state index contributed by atoms with van der Waals surface area (Å²) in [4.78, 5) is 18.6. The lowest BCUT2D eigenvalue weighted by atomic mass is 9.82. The first-order valence-electron chi connectivity index (χ1n) is 27.7. The Labute approximate surface area is 449 Å². The maximum atomic E-state index is 13.8. The number of benzene rings is 5. The quantitative estimate of drug-likeness (QED) is 0.0571. The number of hydrazine groups is 1. The number of aryl methyl sites for hydroxylation is 3. The predicted octanol–water partition coefficient (Wildman–Crippen LogP) is 10.3. The monoisotopic (exact) mass is 1030 g/mol. The van der Waals surface area contributed by atoms with Crippen LogP contribution in [-0.2, 0) is 40.6 Å². The first kappa shape index (κ1) is 50.1. The van der Waals surface area contributed by atoms with Crippen molar-refractivity contribution in [1.29, 1.82) is 0 Å². The molecule has 390 valence electrons. The molecule has 7 aliphatic rings. The van der Waals surface area contributed by atoms with Crippen molar-refractivity contribution in [3.63, 3.8) is 0 Å². The van der Waals surface area contributed by atoms with E-state index in [0.29, 0.717) is 38.1 Å². The third-order valence-electron chi connectivity index (χ3n) is 16.9. The van der Waals surface area contributed by atoms with Gasteiger partial charge in [-0.15, -0.1) is 0 Å². The van der Waals surface area contributed by atoms with E-state index in [0.717, 1.165) is 110 Å². The third-order valence-corrected chi connectivity index (χ3v) is 17.7. The maximum Gasteiger partial charge on any atom is 0.224 e. The van der Waals surface area contributed by atoms with Crippen molar-refractivity contribution < 1.29 is 26.9 Å². The van der Waals surface area contributed by atoms with Gasteiger partial charge in [0.1, 0.15) is 0 Å². The Bertz CT molecular complexity index is 3500. The summed E-state index contributed by atoms with van der Waals surface area (Å²) in [5.41, 5.74) is 29.3. The number of amides is 1. The number of carbonyl (C=O) groups is 1. The van der Waals surface area contributed by atoms with Gasteiger partial charge in [-0.25, -0.2) is 13.4 Å². The van der Waals surface area contributed by atoms with Crippen molar-refractivity contribution in [3.8, 4) is 11.1 Å². The molecule has 2 N–H and O–H groups in total. The normalized spacial score (nSPS) is 20.1. The first-order valence-corrected chi connectivity index (χ1v) is 29.3. The highest BCUT2D eigenvalue weighted by Gasteiger charge is 2.48. The fourth-order valence-corrected chi connectivity index (χ4v) is 13.6. The van der Waals surface area contributed by atoms with Gasteiger partial charge in [-0.05, 0) is 127 Å². The van der Waals surface area contributed by atoms with Crippen LogP contribution in [0.5, 0.6) is 0 Å². The SMILES string of the molecule is CCC(=CC1=[N+](CNC(=O)CCCCNN2C3CC[N+]4=C(Cc5ccc(C)cc54)C3=CC3=C4Cc5ccc(C)cc5N4CCC32)c2cc(C)ccc2C1)C=C1Cc2ccc(-c3ccccc3)cc2N1CCCS(=O)(=O)[O-]. The number of hydrogen-bond donors (Lipinski definition) is 2. The van der Waals surface area contributed by atoms with Crippen LogP contribution in [0, 0.1) is 20.8 Å². The molecule has 12 rings (SSSR count). The van der Waals surface area contributed by atoms with Crippen molar-refractivity contribution in [2.45, 2.75) is 110 Å². The molecule has 5 aromatic rings. The minimum Gasteiger partial charge on any atom is -0.748 e. The van der Waals surface area contributed by atoms with Crippen LogP contribution in [0.3, 0.4) is 0 Å². The number of nitrogens with one attached hydrogen (secondary N) is 2. The molecule has 0 radical (unpaired) electrons. The minimum atomic E-state index is -4.35. The van der Waals surface area contributed by atoms with Gasteiger partial charge < -0.3 is 19.7 Å². The highest BCUT2D eigenvalue weighted by molar-refractivity contribution is 7.85. The summed E-state index contributed by atoms with van der Waals surface area (Å²) in [5, 5.41) is 5.95. The Morgan fingerprint density at radius 2 is 1.50 bits per heavy atom. The number of anilines is 2. The number of hydrogen-bond acceptors (Lipinski definition) is 8. The molecule has 1 amide bonds. The molecule has 0 fully saturated rings. The van der Waals surface area contributed by atoms with Crippen molar-refractivity contribution in [2.24, 2.45) is 0 Å². The number of rotatable bonds is 16. The Kier molecular flexibility index (Phi) is 13.6. The Morgan fingerprint density at radius 3 is 2.29 bits per heavy atom. The number of nitrogens with zero attached hydrogens (tertiary/aromatic N) is 5. The molecule has 5 aromatic carbocycles. The van der Waals surface area contributed by atoms with E-state index in [2.05, 4.69) is 166 Å². The molecule has 0 saturated carbocycles. The topological polar surface area (TPSA) is 114 Å². The average molecular weight is 1030 g/mol. The van der Waals surface area contributed by atoms with Gasteiger partial charge in [0.05, 0.1) is 35.0 Å². The van der Waals surface area contributed by atoms with Crippen LogP contribution in [0.1, 0.15) is 90.8 Å². The van der Waals surface area contributed by atoms with Crippen molar-refractivity contribution in [1.82, 2.24) is 15.8 Å². The molecule has 12 heteroatoms. The molecule has 11 nitrogen and oxygen atoms in total. The standard InChI is InChI=1S/C64H69N7O4S/c1-5-45(33-52-35-49-22-21-47(46-12-7-6-8-13-46)37-61(49)67(52)26-11-29-76(73,74)75)34-53-36-48-18-15-44(4)32-60(48)70(53)41-65-64(72)14-9-10-25-66-71-56-23-27-68-58-30-42(2)16-19-50(58)38-62(68)54(56)40-55-57(71)24-28-69-59-31-43(3)17-20-51(59)39-63(55)69/h6-8,12-13,15-22,30-34,37,40,56-57,66H,5,9-11,14,23-29,35-36,38-39,41H2,1-4H3/p+1. The summed E-state index contributed by atoms with van der Waals surface area (Å²) in [6.07, 6.45) is 15.8. The Morgan fingerprint density at radius 1 is 0.763 bits per heavy atom. The van der Waals surface area contributed by atoms with Crippen molar-refractivity contribution in [3.05, 3.63) is 188 Å². The van der Waals surface area contributed by atoms with Gasteiger partial charge in [-0.1, -0.05) is 85.8 Å². The highest BCUT2D eigenvalue weighted by Crippen LogP contribution is 2.46. The molecule has 0 aliphatic carbocycles. The third kappa shape index (κ3) is 9.85. The van der Waals surface area contributed by atoms with E-state index in [1.807, 2.05) is 18.2 Å². The average Bonchev–Trinajstić information content (AvgIpc) is 4.35. The van der Waals surface area contributed by atoms with E-state index in [1.54, 1.807) is 0 Å². The lowest BCUT2D eigenvalue weighted by Crippen LogP contribution is -2.60. The first-order chi connectivity index (χ1) is 36.8. The van der Waals surface area contributed by atoms with Crippen LogP contribution >= 0.6 is 0 Å². The van der Waals surface area contributed by atoms with Crippen molar-refractivity contribution >= 4 is 50.2 Å². The van der Waals surface area contributed by atoms with E-state index in [-0.39, 0.29) is 12.3 Å². The summed E-state index contributed by atoms with van der Waals surface area (Å²) >= 11 is 0. The molecule has 2 atom stereocenters. The zero-order valence-corrected chi connectivity index (χ0v) is 45.3. The van der Waals surface area contributed by atoms with Gasteiger partial charge in [-0.3, -0.25) is 10.2 Å². The highest BCUT2D eigenvalue weighted by atomic mass is 32.2. The summed E-state index contributed by atoms with van der Waals surface area (Å²) < 4.78 is 40.0. The van der Waals surface area contributed by atoms with E-state index >= 15 is 0 Å². The Balaban J connectivity index is 0.735. The summed E-state index contributed by atoms with van der Waals surface area (Å²) in [6, 6.07) is 37.8. The smallest absolute Gasteiger partial charge is 0.224 e. The largest absolute Gasteiger partial charge is 0.748 e. The number of allylic oxidation sites excluding steroid dienone is 5. The van der Waals surface area contributed by atoms with Crippen LogP contribution in [0.4, 0.5) is 22.7 Å². The van der Waals surface area contributed by atoms with Gasteiger partial charge in [0.2, 0.25) is 24.0 Å². The molecule has 0 spiro atoms. The van der Waals surface area contributed by atoms with Crippen LogP contribution in [0.15, 0.2) is 149 Å². The fraction of sp³-hybridized carbons (Fsp3) is 0.359.